The monoisotopic (exact) mass is 247 g/mol. The van der Waals surface area contributed by atoms with Gasteiger partial charge < -0.3 is 5.32 Å². The number of halogens is 1. The van der Waals surface area contributed by atoms with Gasteiger partial charge in [-0.3, -0.25) is 4.68 Å². The van der Waals surface area contributed by atoms with Crippen LogP contribution in [-0.2, 0) is 19.6 Å². The molecule has 4 heteroatoms. The van der Waals surface area contributed by atoms with Gasteiger partial charge in [0.1, 0.15) is 5.82 Å². The molecule has 1 aromatic heterocycles. The zero-order valence-corrected chi connectivity index (χ0v) is 10.6. The fourth-order valence-corrected chi connectivity index (χ4v) is 1.83. The highest BCUT2D eigenvalue weighted by Crippen LogP contribution is 2.03. The Morgan fingerprint density at radius 1 is 1.28 bits per heavy atom. The minimum atomic E-state index is -0.193. The lowest BCUT2D eigenvalue weighted by Gasteiger charge is -2.03. The van der Waals surface area contributed by atoms with E-state index in [0.29, 0.717) is 13.1 Å². The Hall–Kier alpha value is -1.68. The zero-order chi connectivity index (χ0) is 12.8. The molecule has 3 nitrogen and oxygen atoms in total. The summed E-state index contributed by atoms with van der Waals surface area (Å²) in [6, 6.07) is 8.64. The standard InChI is InChI=1S/C14H18FN3/c1-2-7-18-8-6-14(17-18)11-16-10-12-4-3-5-13(15)9-12/h3-6,8-9,16H,2,7,10-11H2,1H3. The molecule has 0 aliphatic rings. The van der Waals surface area contributed by atoms with Crippen LogP contribution in [0.2, 0.25) is 0 Å². The third-order valence-electron chi connectivity index (χ3n) is 2.67. The van der Waals surface area contributed by atoms with Crippen molar-refractivity contribution in [3.63, 3.8) is 0 Å². The van der Waals surface area contributed by atoms with E-state index in [9.17, 15) is 4.39 Å². The number of aromatic nitrogens is 2. The number of aryl methyl sites for hydroxylation is 1. The van der Waals surface area contributed by atoms with Crippen molar-refractivity contribution < 1.29 is 4.39 Å². The predicted octanol–water partition coefficient (Wildman–Crippen LogP) is 2.72. The first-order valence-electron chi connectivity index (χ1n) is 6.25. The number of nitrogens with one attached hydrogen (secondary N) is 1. The molecule has 1 heterocycles. The van der Waals surface area contributed by atoms with Crippen LogP contribution < -0.4 is 5.32 Å². The third-order valence-corrected chi connectivity index (χ3v) is 2.67. The highest BCUT2D eigenvalue weighted by atomic mass is 19.1. The normalized spacial score (nSPS) is 10.8. The predicted molar refractivity (Wildman–Crippen MR) is 69.5 cm³/mol. The summed E-state index contributed by atoms with van der Waals surface area (Å²) in [7, 11) is 0. The molecule has 18 heavy (non-hydrogen) atoms. The second kappa shape index (κ2) is 6.31. The minimum Gasteiger partial charge on any atom is -0.307 e. The Balaban J connectivity index is 1.81. The maximum Gasteiger partial charge on any atom is 0.123 e. The Labute approximate surface area is 107 Å². The molecule has 0 atom stereocenters. The van der Waals surface area contributed by atoms with E-state index in [-0.39, 0.29) is 5.82 Å². The van der Waals surface area contributed by atoms with Crippen molar-refractivity contribution in [2.45, 2.75) is 33.0 Å². The summed E-state index contributed by atoms with van der Waals surface area (Å²) in [5, 5.41) is 7.69. The van der Waals surface area contributed by atoms with Crippen LogP contribution in [-0.4, -0.2) is 9.78 Å². The van der Waals surface area contributed by atoms with Crippen LogP contribution in [0.3, 0.4) is 0 Å². The topological polar surface area (TPSA) is 29.9 Å². The van der Waals surface area contributed by atoms with E-state index in [1.54, 1.807) is 12.1 Å². The number of hydrogen-bond donors (Lipinski definition) is 1. The number of rotatable bonds is 6. The second-order valence-corrected chi connectivity index (χ2v) is 4.30. The van der Waals surface area contributed by atoms with E-state index < -0.39 is 0 Å². The van der Waals surface area contributed by atoms with Crippen molar-refractivity contribution in [1.29, 1.82) is 0 Å². The molecule has 1 aromatic carbocycles. The maximum atomic E-state index is 13.0. The SMILES string of the molecule is CCCn1ccc(CNCc2cccc(F)c2)n1. The molecule has 0 saturated carbocycles. The van der Waals surface area contributed by atoms with Crippen molar-refractivity contribution in [3.8, 4) is 0 Å². The molecule has 0 bridgehead atoms. The summed E-state index contributed by atoms with van der Waals surface area (Å²) in [6.07, 6.45) is 3.07. The van der Waals surface area contributed by atoms with Gasteiger partial charge in [-0.15, -0.1) is 0 Å². The van der Waals surface area contributed by atoms with Crippen molar-refractivity contribution >= 4 is 0 Å². The highest BCUT2D eigenvalue weighted by Gasteiger charge is 1.99. The van der Waals surface area contributed by atoms with E-state index in [2.05, 4.69) is 17.3 Å². The van der Waals surface area contributed by atoms with Crippen LogP contribution in [0.1, 0.15) is 24.6 Å². The van der Waals surface area contributed by atoms with Crippen LogP contribution in [0.4, 0.5) is 4.39 Å². The molecule has 0 radical (unpaired) electrons. The molecular formula is C14H18FN3. The molecule has 0 unspecified atom stereocenters. The van der Waals surface area contributed by atoms with Gasteiger partial charge in [-0.05, 0) is 30.2 Å². The van der Waals surface area contributed by atoms with Gasteiger partial charge in [0.05, 0.1) is 5.69 Å². The summed E-state index contributed by atoms with van der Waals surface area (Å²) >= 11 is 0. The molecule has 2 aromatic rings. The van der Waals surface area contributed by atoms with Crippen molar-refractivity contribution in [2.75, 3.05) is 0 Å². The lowest BCUT2D eigenvalue weighted by atomic mass is 10.2. The van der Waals surface area contributed by atoms with E-state index in [0.717, 1.165) is 24.2 Å². The zero-order valence-electron chi connectivity index (χ0n) is 10.6. The van der Waals surface area contributed by atoms with Crippen LogP contribution >= 0.6 is 0 Å². The molecular weight excluding hydrogens is 229 g/mol. The summed E-state index contributed by atoms with van der Waals surface area (Å²) in [6.45, 7) is 4.43. The lowest BCUT2D eigenvalue weighted by molar-refractivity contribution is 0.581. The molecule has 96 valence electrons. The Morgan fingerprint density at radius 3 is 2.94 bits per heavy atom. The largest absolute Gasteiger partial charge is 0.307 e. The van der Waals surface area contributed by atoms with Crippen LogP contribution in [0.15, 0.2) is 36.5 Å². The van der Waals surface area contributed by atoms with E-state index in [4.69, 9.17) is 0 Å². The van der Waals surface area contributed by atoms with Gasteiger partial charge in [-0.25, -0.2) is 4.39 Å². The minimum absolute atomic E-state index is 0.193. The Kier molecular flexibility index (Phi) is 4.47. The maximum absolute atomic E-state index is 13.0. The molecule has 0 amide bonds. The van der Waals surface area contributed by atoms with Crippen molar-refractivity contribution in [3.05, 3.63) is 53.6 Å². The molecule has 0 aliphatic carbocycles. The lowest BCUT2D eigenvalue weighted by Crippen LogP contribution is -2.13. The molecule has 1 N–H and O–H groups in total. The number of nitrogens with zero attached hydrogens (tertiary/aromatic N) is 2. The van der Waals surface area contributed by atoms with Gasteiger partial charge in [-0.1, -0.05) is 19.1 Å². The fourth-order valence-electron chi connectivity index (χ4n) is 1.83. The van der Waals surface area contributed by atoms with E-state index >= 15 is 0 Å². The van der Waals surface area contributed by atoms with Gasteiger partial charge >= 0.3 is 0 Å². The summed E-state index contributed by atoms with van der Waals surface area (Å²) in [5.41, 5.74) is 1.96. The molecule has 0 spiro atoms. The van der Waals surface area contributed by atoms with Crippen LogP contribution in [0, 0.1) is 5.82 Å². The Morgan fingerprint density at radius 2 is 2.17 bits per heavy atom. The van der Waals surface area contributed by atoms with Gasteiger partial charge in [0, 0.05) is 25.8 Å². The third kappa shape index (κ3) is 3.67. The van der Waals surface area contributed by atoms with Gasteiger partial charge in [0.25, 0.3) is 0 Å². The van der Waals surface area contributed by atoms with E-state index in [1.807, 2.05) is 23.0 Å². The van der Waals surface area contributed by atoms with Crippen LogP contribution in [0.5, 0.6) is 0 Å². The molecule has 0 saturated heterocycles. The average molecular weight is 247 g/mol. The fraction of sp³-hybridized carbons (Fsp3) is 0.357. The van der Waals surface area contributed by atoms with Gasteiger partial charge in [0.15, 0.2) is 0 Å². The first-order valence-corrected chi connectivity index (χ1v) is 6.25. The Bertz CT molecular complexity index is 493. The van der Waals surface area contributed by atoms with Gasteiger partial charge in [0.2, 0.25) is 0 Å². The second-order valence-electron chi connectivity index (χ2n) is 4.30. The molecule has 0 fully saturated rings. The quantitative estimate of drug-likeness (QED) is 0.850. The smallest absolute Gasteiger partial charge is 0.123 e. The molecule has 2 rings (SSSR count). The first-order chi connectivity index (χ1) is 8.78. The van der Waals surface area contributed by atoms with Gasteiger partial charge in [-0.2, -0.15) is 5.10 Å². The average Bonchev–Trinajstić information content (AvgIpc) is 2.78. The van der Waals surface area contributed by atoms with E-state index in [1.165, 1.54) is 6.07 Å². The first kappa shape index (κ1) is 12.8. The number of benzene rings is 1. The summed E-state index contributed by atoms with van der Waals surface area (Å²) in [5.74, 6) is -0.193. The molecule has 0 aliphatic heterocycles. The summed E-state index contributed by atoms with van der Waals surface area (Å²) in [4.78, 5) is 0. The van der Waals surface area contributed by atoms with Crippen molar-refractivity contribution in [1.82, 2.24) is 15.1 Å². The van der Waals surface area contributed by atoms with Crippen LogP contribution in [0.25, 0.3) is 0 Å². The number of hydrogen-bond acceptors (Lipinski definition) is 2. The summed E-state index contributed by atoms with van der Waals surface area (Å²) < 4.78 is 14.9. The highest BCUT2D eigenvalue weighted by molar-refractivity contribution is 5.16. The van der Waals surface area contributed by atoms with Crippen molar-refractivity contribution in [2.24, 2.45) is 0 Å².